The lowest BCUT2D eigenvalue weighted by Gasteiger charge is -2.13. The number of pyridine rings is 1. The molecular weight excluding hydrogens is 380 g/mol. The van der Waals surface area contributed by atoms with Gasteiger partial charge in [0.05, 0.1) is 15.7 Å². The van der Waals surface area contributed by atoms with E-state index in [-0.39, 0.29) is 17.0 Å². The number of hydrogen-bond donors (Lipinski definition) is 2. The lowest BCUT2D eigenvalue weighted by atomic mass is 10.1. The topological polar surface area (TPSA) is 87.7 Å². The summed E-state index contributed by atoms with van der Waals surface area (Å²) in [5, 5.41) is 3.23. The Balaban J connectivity index is 2.43. The molecule has 0 saturated heterocycles. The van der Waals surface area contributed by atoms with E-state index in [1.807, 2.05) is 20.1 Å². The molecule has 2 heterocycles. The van der Waals surface area contributed by atoms with Crippen molar-refractivity contribution in [2.75, 3.05) is 11.6 Å². The number of aryl methyl sites for hydroxylation is 1. The molecule has 0 atom stereocenters. The van der Waals surface area contributed by atoms with Crippen molar-refractivity contribution in [2.24, 2.45) is 0 Å². The Bertz CT molecular complexity index is 805. The van der Waals surface area contributed by atoms with Crippen molar-refractivity contribution in [1.82, 2.24) is 15.0 Å². The number of carbonyl (C=O) groups excluding carboxylic acids is 1. The Labute approximate surface area is 146 Å². The largest absolute Gasteiger partial charge is 0.365 e. The average molecular weight is 397 g/mol. The van der Waals surface area contributed by atoms with Gasteiger partial charge in [0.25, 0.3) is 5.91 Å². The molecule has 2 rings (SSSR count). The number of amides is 1. The summed E-state index contributed by atoms with van der Waals surface area (Å²) in [6.45, 7) is 5.77. The number of carbonyl (C=O) groups is 1. The maximum Gasteiger partial charge on any atom is 0.260 e. The Morgan fingerprint density at radius 2 is 2.04 bits per heavy atom. The van der Waals surface area contributed by atoms with E-state index in [4.69, 9.17) is 0 Å². The summed E-state index contributed by atoms with van der Waals surface area (Å²) in [6, 6.07) is 0. The van der Waals surface area contributed by atoms with Crippen molar-refractivity contribution in [3.63, 3.8) is 0 Å². The van der Waals surface area contributed by atoms with Crippen LogP contribution < -0.4 is 10.7 Å². The van der Waals surface area contributed by atoms with Crippen molar-refractivity contribution in [1.29, 1.82) is 0 Å². The Kier molecular flexibility index (Phi) is 5.59. The second-order valence-corrected chi connectivity index (χ2v) is 6.86. The van der Waals surface area contributed by atoms with Gasteiger partial charge in [0, 0.05) is 18.3 Å². The Morgan fingerprint density at radius 1 is 1.35 bits per heavy atom. The second kappa shape index (κ2) is 7.27. The van der Waals surface area contributed by atoms with Crippen LogP contribution in [-0.2, 0) is 0 Å². The van der Waals surface area contributed by atoms with Crippen LogP contribution in [0.5, 0.6) is 0 Å². The molecule has 0 fully saturated rings. The summed E-state index contributed by atoms with van der Waals surface area (Å²) in [4.78, 5) is 36.2. The summed E-state index contributed by atoms with van der Waals surface area (Å²) >= 11 is 4.52. The molecule has 6 nitrogen and oxygen atoms in total. The number of rotatable bonds is 4. The van der Waals surface area contributed by atoms with Gasteiger partial charge in [0.1, 0.15) is 16.5 Å². The van der Waals surface area contributed by atoms with Crippen molar-refractivity contribution in [3.8, 4) is 0 Å². The third-order valence-electron chi connectivity index (χ3n) is 3.16. The van der Waals surface area contributed by atoms with Gasteiger partial charge in [-0.1, -0.05) is 13.8 Å². The molecule has 0 spiro atoms. The zero-order valence-corrected chi connectivity index (χ0v) is 15.6. The number of anilines is 1. The zero-order chi connectivity index (χ0) is 17.1. The van der Waals surface area contributed by atoms with Crippen LogP contribution in [0, 0.1) is 6.92 Å². The molecule has 0 bridgehead atoms. The number of hydrogen-bond acceptors (Lipinski definition) is 5. The van der Waals surface area contributed by atoms with Crippen molar-refractivity contribution >= 4 is 39.3 Å². The van der Waals surface area contributed by atoms with Crippen LogP contribution in [0.3, 0.4) is 0 Å². The first-order valence-electron chi connectivity index (χ1n) is 6.95. The van der Waals surface area contributed by atoms with Crippen LogP contribution in [0.15, 0.2) is 26.7 Å². The molecule has 0 aliphatic heterocycles. The van der Waals surface area contributed by atoms with Gasteiger partial charge in [0.2, 0.25) is 5.43 Å². The Morgan fingerprint density at radius 3 is 2.65 bits per heavy atom. The van der Waals surface area contributed by atoms with E-state index < -0.39 is 5.91 Å². The van der Waals surface area contributed by atoms with E-state index in [0.717, 1.165) is 0 Å². The highest BCUT2D eigenvalue weighted by molar-refractivity contribution is 9.10. The predicted molar refractivity (Wildman–Crippen MR) is 95.4 cm³/mol. The molecule has 8 heteroatoms. The molecule has 2 aromatic rings. The molecule has 0 radical (unpaired) electrons. The first-order chi connectivity index (χ1) is 10.8. The minimum atomic E-state index is -0.397. The average Bonchev–Trinajstić information content (AvgIpc) is 2.50. The van der Waals surface area contributed by atoms with Crippen LogP contribution >= 0.6 is 27.7 Å². The molecule has 0 aliphatic carbocycles. The van der Waals surface area contributed by atoms with E-state index in [9.17, 15) is 9.59 Å². The fourth-order valence-electron chi connectivity index (χ4n) is 1.97. The molecule has 122 valence electrons. The molecular formula is C15H17BrN4O2S. The third-order valence-corrected chi connectivity index (χ3v) is 4.43. The van der Waals surface area contributed by atoms with E-state index in [0.29, 0.717) is 26.6 Å². The predicted octanol–water partition coefficient (Wildman–Crippen LogP) is 3.33. The van der Waals surface area contributed by atoms with Gasteiger partial charge < -0.3 is 10.3 Å². The molecule has 2 N–H and O–H groups in total. The van der Waals surface area contributed by atoms with Crippen LogP contribution in [0.2, 0.25) is 0 Å². The number of thioether (sulfide) groups is 1. The van der Waals surface area contributed by atoms with Crippen molar-refractivity contribution < 1.29 is 4.79 Å². The number of halogens is 1. The highest BCUT2D eigenvalue weighted by Crippen LogP contribution is 2.23. The lowest BCUT2D eigenvalue weighted by molar-refractivity contribution is 0.102. The fraction of sp³-hybridized carbons (Fsp3) is 0.333. The molecule has 1 amide bonds. The summed E-state index contributed by atoms with van der Waals surface area (Å²) in [5.41, 5.74) is 0.863. The molecule has 0 unspecified atom stereocenters. The van der Waals surface area contributed by atoms with Gasteiger partial charge in [0.15, 0.2) is 0 Å². The van der Waals surface area contributed by atoms with Gasteiger partial charge >= 0.3 is 0 Å². The van der Waals surface area contributed by atoms with E-state index >= 15 is 0 Å². The number of nitrogens with one attached hydrogen (secondary N) is 2. The van der Waals surface area contributed by atoms with Gasteiger partial charge in [-0.25, -0.2) is 9.97 Å². The van der Waals surface area contributed by atoms with E-state index in [1.54, 1.807) is 6.92 Å². The zero-order valence-electron chi connectivity index (χ0n) is 13.2. The van der Waals surface area contributed by atoms with E-state index in [2.05, 4.69) is 36.2 Å². The van der Waals surface area contributed by atoms with Crippen molar-refractivity contribution in [2.45, 2.75) is 31.7 Å². The van der Waals surface area contributed by atoms with Gasteiger partial charge in [-0.2, -0.15) is 0 Å². The monoisotopic (exact) mass is 396 g/mol. The van der Waals surface area contributed by atoms with Gasteiger partial charge in [-0.15, -0.1) is 11.8 Å². The van der Waals surface area contributed by atoms with Crippen LogP contribution in [0.1, 0.15) is 41.6 Å². The number of H-pyrrole nitrogens is 1. The van der Waals surface area contributed by atoms with Crippen molar-refractivity contribution in [3.05, 3.63) is 44.2 Å². The number of aromatic nitrogens is 3. The highest BCUT2D eigenvalue weighted by atomic mass is 79.9. The first kappa shape index (κ1) is 17.7. The second-order valence-electron chi connectivity index (χ2n) is 5.21. The maximum atomic E-state index is 12.6. The normalized spacial score (nSPS) is 10.9. The maximum absolute atomic E-state index is 12.6. The van der Waals surface area contributed by atoms with Crippen LogP contribution in [0.25, 0.3) is 0 Å². The first-order valence-corrected chi connectivity index (χ1v) is 8.97. The number of aromatic amines is 1. The summed E-state index contributed by atoms with van der Waals surface area (Å²) in [6.07, 6.45) is 4.81. The molecule has 0 aliphatic rings. The minimum absolute atomic E-state index is 0.170. The molecule has 0 saturated carbocycles. The van der Waals surface area contributed by atoms with E-state index in [1.165, 1.54) is 24.2 Å². The summed E-state index contributed by atoms with van der Waals surface area (Å²) < 4.78 is 0.350. The SMILES string of the molecule is CSc1nc(C(C)C)nc(C)c1C(=O)Nc1c[nH]cc(Br)c1=O. The highest BCUT2D eigenvalue weighted by Gasteiger charge is 2.20. The van der Waals surface area contributed by atoms with Gasteiger partial charge in [-0.05, 0) is 29.1 Å². The lowest BCUT2D eigenvalue weighted by Crippen LogP contribution is -2.22. The quantitative estimate of drug-likeness (QED) is 0.611. The number of nitrogens with zero attached hydrogens (tertiary/aromatic N) is 2. The van der Waals surface area contributed by atoms with Crippen LogP contribution in [0.4, 0.5) is 5.69 Å². The van der Waals surface area contributed by atoms with Gasteiger partial charge in [-0.3, -0.25) is 9.59 Å². The Hall–Kier alpha value is -1.67. The minimum Gasteiger partial charge on any atom is -0.365 e. The standard InChI is InChI=1S/C15H17BrN4O2S/c1-7(2)13-18-8(3)11(15(20-13)23-4)14(22)19-10-6-17-5-9(16)12(10)21/h5-7H,1-4H3,(H,17,21)(H,19,22). The molecule has 23 heavy (non-hydrogen) atoms. The smallest absolute Gasteiger partial charge is 0.260 e. The summed E-state index contributed by atoms with van der Waals surface area (Å²) in [5.74, 6) is 0.471. The molecule has 2 aromatic heterocycles. The third kappa shape index (κ3) is 3.81. The summed E-state index contributed by atoms with van der Waals surface area (Å²) in [7, 11) is 0. The van der Waals surface area contributed by atoms with Crippen LogP contribution in [-0.4, -0.2) is 27.1 Å². The molecule has 0 aromatic carbocycles. The fourth-order valence-corrected chi connectivity index (χ4v) is 2.95.